The van der Waals surface area contributed by atoms with Crippen LogP contribution in [0.1, 0.15) is 29.6 Å². The maximum atomic E-state index is 13.9. The van der Waals surface area contributed by atoms with Gasteiger partial charge in [0.15, 0.2) is 0 Å². The number of piperidine rings is 1. The van der Waals surface area contributed by atoms with Crippen LogP contribution in [0.4, 0.5) is 4.39 Å². The number of hydrogen-bond acceptors (Lipinski definition) is 3. The first-order valence-electron chi connectivity index (χ1n) is 6.98. The van der Waals surface area contributed by atoms with E-state index in [-0.39, 0.29) is 23.2 Å². The molecule has 2 rings (SSSR count). The van der Waals surface area contributed by atoms with Gasteiger partial charge in [-0.1, -0.05) is 11.6 Å². The van der Waals surface area contributed by atoms with Gasteiger partial charge >= 0.3 is 0 Å². The fourth-order valence-electron chi connectivity index (χ4n) is 2.55. The monoisotopic (exact) mass is 348 g/mol. The number of rotatable bonds is 4. The number of halogens is 2. The molecule has 0 radical (unpaired) electrons. The van der Waals surface area contributed by atoms with Crippen LogP contribution in [-0.2, 0) is 10.0 Å². The van der Waals surface area contributed by atoms with Crippen LogP contribution in [0.25, 0.3) is 0 Å². The smallest absolute Gasteiger partial charge is 0.257 e. The van der Waals surface area contributed by atoms with Crippen molar-refractivity contribution in [1.82, 2.24) is 9.62 Å². The molecule has 1 unspecified atom stereocenters. The lowest BCUT2D eigenvalue weighted by Crippen LogP contribution is -2.49. The van der Waals surface area contributed by atoms with Gasteiger partial charge in [-0.25, -0.2) is 17.5 Å². The Kier molecular flexibility index (Phi) is 5.41. The SMILES string of the molecule is CS(=O)(=O)NCC1CCCCN1C(=O)c1ccc(Cl)cc1F. The van der Waals surface area contributed by atoms with Gasteiger partial charge in [-0.2, -0.15) is 0 Å². The van der Waals surface area contributed by atoms with E-state index in [4.69, 9.17) is 11.6 Å². The number of likely N-dealkylation sites (tertiary alicyclic amines) is 1. The summed E-state index contributed by atoms with van der Waals surface area (Å²) in [6.07, 6.45) is 3.48. The summed E-state index contributed by atoms with van der Waals surface area (Å²) >= 11 is 5.69. The van der Waals surface area contributed by atoms with E-state index in [0.717, 1.165) is 25.2 Å². The molecular weight excluding hydrogens is 331 g/mol. The zero-order chi connectivity index (χ0) is 16.3. The number of nitrogens with zero attached hydrogens (tertiary/aromatic N) is 1. The van der Waals surface area contributed by atoms with Gasteiger partial charge in [0.2, 0.25) is 10.0 Å². The fourth-order valence-corrected chi connectivity index (χ4v) is 3.20. The lowest BCUT2D eigenvalue weighted by atomic mass is 10.0. The van der Waals surface area contributed by atoms with Crippen molar-refractivity contribution in [2.75, 3.05) is 19.3 Å². The summed E-state index contributed by atoms with van der Waals surface area (Å²) in [7, 11) is -3.33. The highest BCUT2D eigenvalue weighted by Crippen LogP contribution is 2.22. The standard InChI is InChI=1S/C14H18ClFN2O3S/c1-22(20,21)17-9-11-4-2-3-7-18(11)14(19)12-6-5-10(15)8-13(12)16/h5-6,8,11,17H,2-4,7,9H2,1H3. The molecule has 0 aromatic heterocycles. The highest BCUT2D eigenvalue weighted by Gasteiger charge is 2.29. The quantitative estimate of drug-likeness (QED) is 0.905. The first kappa shape index (κ1) is 17.2. The van der Waals surface area contributed by atoms with Crippen molar-refractivity contribution in [3.8, 4) is 0 Å². The van der Waals surface area contributed by atoms with Crippen LogP contribution in [0.2, 0.25) is 5.02 Å². The second kappa shape index (κ2) is 6.93. The number of nitrogens with one attached hydrogen (secondary N) is 1. The lowest BCUT2D eigenvalue weighted by Gasteiger charge is -2.36. The van der Waals surface area contributed by atoms with E-state index in [1.807, 2.05) is 0 Å². The summed E-state index contributed by atoms with van der Waals surface area (Å²) in [5, 5.41) is 0.225. The molecule has 1 amide bonds. The molecule has 1 aliphatic heterocycles. The largest absolute Gasteiger partial charge is 0.334 e. The Morgan fingerprint density at radius 1 is 1.45 bits per heavy atom. The first-order valence-corrected chi connectivity index (χ1v) is 9.25. The summed E-state index contributed by atoms with van der Waals surface area (Å²) in [4.78, 5) is 14.1. The van der Waals surface area contributed by atoms with Crippen molar-refractivity contribution in [2.45, 2.75) is 25.3 Å². The number of benzene rings is 1. The van der Waals surface area contributed by atoms with E-state index in [0.29, 0.717) is 13.0 Å². The molecule has 122 valence electrons. The minimum absolute atomic E-state index is 0.0457. The number of hydrogen-bond donors (Lipinski definition) is 1. The van der Waals surface area contributed by atoms with Crippen molar-refractivity contribution in [3.63, 3.8) is 0 Å². The van der Waals surface area contributed by atoms with E-state index >= 15 is 0 Å². The minimum Gasteiger partial charge on any atom is -0.334 e. The molecule has 1 aromatic carbocycles. The van der Waals surface area contributed by atoms with Crippen molar-refractivity contribution in [1.29, 1.82) is 0 Å². The maximum Gasteiger partial charge on any atom is 0.257 e. The molecule has 1 N–H and O–H groups in total. The molecule has 1 saturated heterocycles. The van der Waals surface area contributed by atoms with Crippen molar-refractivity contribution in [2.24, 2.45) is 0 Å². The van der Waals surface area contributed by atoms with E-state index in [9.17, 15) is 17.6 Å². The highest BCUT2D eigenvalue weighted by atomic mass is 35.5. The number of amides is 1. The number of carbonyl (C=O) groups is 1. The van der Waals surface area contributed by atoms with Crippen molar-refractivity contribution < 1.29 is 17.6 Å². The predicted octanol–water partition coefficient (Wildman–Crippen LogP) is 2.02. The Balaban J connectivity index is 2.17. The van der Waals surface area contributed by atoms with Crippen LogP contribution in [0, 0.1) is 5.82 Å². The van der Waals surface area contributed by atoms with Crippen molar-refractivity contribution in [3.05, 3.63) is 34.6 Å². The maximum absolute atomic E-state index is 13.9. The summed E-state index contributed by atoms with van der Waals surface area (Å²) in [5.74, 6) is -1.10. The third-order valence-corrected chi connectivity index (χ3v) is 4.56. The molecule has 1 fully saturated rings. The zero-order valence-corrected chi connectivity index (χ0v) is 13.8. The third-order valence-electron chi connectivity index (χ3n) is 3.63. The first-order chi connectivity index (χ1) is 10.3. The van der Waals surface area contributed by atoms with Gasteiger partial charge < -0.3 is 4.90 Å². The summed E-state index contributed by atoms with van der Waals surface area (Å²) < 4.78 is 38.8. The third kappa shape index (κ3) is 4.41. The van der Waals surface area contributed by atoms with Gasteiger partial charge in [-0.15, -0.1) is 0 Å². The van der Waals surface area contributed by atoms with Gasteiger partial charge in [-0.05, 0) is 37.5 Å². The molecule has 22 heavy (non-hydrogen) atoms. The Morgan fingerprint density at radius 3 is 2.82 bits per heavy atom. The van der Waals surface area contributed by atoms with Crippen LogP contribution in [0.15, 0.2) is 18.2 Å². The second-order valence-electron chi connectivity index (χ2n) is 5.39. The Bertz CT molecular complexity index is 666. The average Bonchev–Trinajstić information content (AvgIpc) is 2.44. The Hall–Kier alpha value is -1.18. The van der Waals surface area contributed by atoms with Crippen LogP contribution in [0.5, 0.6) is 0 Å². The van der Waals surface area contributed by atoms with Gasteiger partial charge in [-0.3, -0.25) is 4.79 Å². The predicted molar refractivity (Wildman–Crippen MR) is 82.9 cm³/mol. The average molecular weight is 349 g/mol. The van der Waals surface area contributed by atoms with E-state index in [1.54, 1.807) is 0 Å². The molecule has 1 aromatic rings. The molecule has 0 bridgehead atoms. The normalized spacial score (nSPS) is 19.2. The fraction of sp³-hybridized carbons (Fsp3) is 0.500. The van der Waals surface area contributed by atoms with E-state index < -0.39 is 21.7 Å². The van der Waals surface area contributed by atoms with Gasteiger partial charge in [0.1, 0.15) is 5.82 Å². The summed E-state index contributed by atoms with van der Waals surface area (Å²) in [6.45, 7) is 0.622. The highest BCUT2D eigenvalue weighted by molar-refractivity contribution is 7.88. The van der Waals surface area contributed by atoms with Gasteiger partial charge in [0.05, 0.1) is 11.8 Å². The Morgan fingerprint density at radius 2 is 2.18 bits per heavy atom. The zero-order valence-electron chi connectivity index (χ0n) is 12.2. The van der Waals surface area contributed by atoms with E-state index in [2.05, 4.69) is 4.72 Å². The summed E-state index contributed by atoms with van der Waals surface area (Å²) in [6, 6.07) is 3.65. The molecule has 8 heteroatoms. The summed E-state index contributed by atoms with van der Waals surface area (Å²) in [5.41, 5.74) is -0.0457. The molecular formula is C14H18ClFN2O3S. The van der Waals surface area contributed by atoms with Gasteiger partial charge in [0.25, 0.3) is 5.91 Å². The van der Waals surface area contributed by atoms with Crippen molar-refractivity contribution >= 4 is 27.5 Å². The molecule has 0 saturated carbocycles. The molecule has 1 atom stereocenters. The minimum atomic E-state index is -3.33. The molecule has 1 aliphatic rings. The Labute approximate surface area is 134 Å². The molecule has 1 heterocycles. The van der Waals surface area contributed by atoms with Crippen LogP contribution in [-0.4, -0.2) is 44.6 Å². The molecule has 0 aliphatic carbocycles. The molecule has 0 spiro atoms. The van der Waals surface area contributed by atoms with Gasteiger partial charge in [0, 0.05) is 24.2 Å². The lowest BCUT2D eigenvalue weighted by molar-refractivity contribution is 0.0614. The van der Waals surface area contributed by atoms with E-state index in [1.165, 1.54) is 17.0 Å². The topological polar surface area (TPSA) is 66.5 Å². The van der Waals surface area contributed by atoms with Crippen LogP contribution >= 0.6 is 11.6 Å². The number of carbonyl (C=O) groups excluding carboxylic acids is 1. The molecule has 5 nitrogen and oxygen atoms in total. The second-order valence-corrected chi connectivity index (χ2v) is 7.66. The van der Waals surface area contributed by atoms with Crippen LogP contribution < -0.4 is 4.72 Å². The number of sulfonamides is 1. The van der Waals surface area contributed by atoms with Crippen LogP contribution in [0.3, 0.4) is 0 Å².